The standard InChI is InChI=1S/C14H15BF3O/c1-10(2)9-19-13-8-7-11-5-3-4-6-12(11)14(13)15(16,17)18/h3-8,10H,9H2,1-2H3/q-1. The lowest BCUT2D eigenvalue weighted by Gasteiger charge is -2.23. The molecule has 102 valence electrons. The fourth-order valence-electron chi connectivity index (χ4n) is 2.00. The smallest absolute Gasteiger partial charge is 0.496 e. The number of fused-ring (bicyclic) bond motifs is 1. The number of ether oxygens (including phenoxy) is 1. The molecule has 0 aliphatic carbocycles. The third-order valence-corrected chi connectivity index (χ3v) is 2.83. The molecule has 0 spiro atoms. The summed E-state index contributed by atoms with van der Waals surface area (Å²) in [5.74, 6) is 0.111. The first-order chi connectivity index (χ1) is 8.89. The van der Waals surface area contributed by atoms with Crippen molar-refractivity contribution in [1.82, 2.24) is 0 Å². The molecule has 0 aliphatic rings. The molecule has 0 N–H and O–H groups in total. The summed E-state index contributed by atoms with van der Waals surface area (Å²) in [6.45, 7) is -1.03. The van der Waals surface area contributed by atoms with E-state index in [1.165, 1.54) is 12.1 Å². The molecule has 19 heavy (non-hydrogen) atoms. The van der Waals surface area contributed by atoms with Crippen molar-refractivity contribution in [2.75, 3.05) is 6.61 Å². The van der Waals surface area contributed by atoms with Crippen LogP contribution < -0.4 is 10.2 Å². The van der Waals surface area contributed by atoms with Crippen LogP contribution in [0.4, 0.5) is 12.9 Å². The van der Waals surface area contributed by atoms with Gasteiger partial charge < -0.3 is 17.7 Å². The first kappa shape index (κ1) is 13.8. The van der Waals surface area contributed by atoms with E-state index in [9.17, 15) is 12.9 Å². The lowest BCUT2D eigenvalue weighted by molar-refractivity contribution is 0.272. The second-order valence-corrected chi connectivity index (χ2v) is 4.98. The Hall–Kier alpha value is -1.65. The molecule has 0 heterocycles. The molecule has 0 bridgehead atoms. The maximum absolute atomic E-state index is 13.3. The predicted octanol–water partition coefficient (Wildman–Crippen LogP) is 3.93. The van der Waals surface area contributed by atoms with Gasteiger partial charge in [0.15, 0.2) is 0 Å². The Kier molecular flexibility index (Phi) is 3.74. The van der Waals surface area contributed by atoms with Gasteiger partial charge in [0.25, 0.3) is 0 Å². The summed E-state index contributed by atoms with van der Waals surface area (Å²) in [6, 6.07) is 9.57. The van der Waals surface area contributed by atoms with Gasteiger partial charge in [0.05, 0.1) is 12.4 Å². The van der Waals surface area contributed by atoms with Crippen LogP contribution in [0.1, 0.15) is 13.8 Å². The Bertz CT molecular complexity index is 578. The van der Waals surface area contributed by atoms with Crippen molar-refractivity contribution < 1.29 is 17.7 Å². The fraction of sp³-hybridized carbons (Fsp3) is 0.286. The SMILES string of the molecule is CC(C)COc1ccc2ccccc2c1[B-](F)(F)F. The molecule has 0 saturated carbocycles. The average molecular weight is 267 g/mol. The zero-order chi connectivity index (χ0) is 14.0. The molecule has 2 aromatic carbocycles. The summed E-state index contributed by atoms with van der Waals surface area (Å²) in [4.78, 5) is 0. The van der Waals surface area contributed by atoms with Crippen LogP contribution in [-0.4, -0.2) is 13.6 Å². The van der Waals surface area contributed by atoms with Crippen LogP contribution in [0.2, 0.25) is 0 Å². The van der Waals surface area contributed by atoms with Crippen LogP contribution in [0, 0.1) is 5.92 Å². The number of hydrogen-bond acceptors (Lipinski definition) is 1. The van der Waals surface area contributed by atoms with Crippen LogP contribution in [0.5, 0.6) is 5.75 Å². The molecule has 5 heteroatoms. The predicted molar refractivity (Wildman–Crippen MR) is 73.0 cm³/mol. The summed E-state index contributed by atoms with van der Waals surface area (Å²) in [7, 11) is 0. The zero-order valence-corrected chi connectivity index (χ0v) is 10.9. The highest BCUT2D eigenvalue weighted by Crippen LogP contribution is 2.25. The molecular formula is C14H15BF3O-. The minimum absolute atomic E-state index is 0.0695. The van der Waals surface area contributed by atoms with E-state index in [1.807, 2.05) is 13.8 Å². The second kappa shape index (κ2) is 5.15. The Morgan fingerprint density at radius 3 is 2.37 bits per heavy atom. The molecule has 0 amide bonds. The van der Waals surface area contributed by atoms with Gasteiger partial charge >= 0.3 is 6.98 Å². The van der Waals surface area contributed by atoms with E-state index in [4.69, 9.17) is 4.74 Å². The van der Waals surface area contributed by atoms with Gasteiger partial charge in [-0.3, -0.25) is 0 Å². The molecule has 0 aromatic heterocycles. The van der Waals surface area contributed by atoms with Crippen LogP contribution in [-0.2, 0) is 0 Å². The van der Waals surface area contributed by atoms with Gasteiger partial charge in [-0.25, -0.2) is 0 Å². The van der Waals surface area contributed by atoms with Crippen LogP contribution >= 0.6 is 0 Å². The van der Waals surface area contributed by atoms with Crippen molar-refractivity contribution in [3.8, 4) is 5.75 Å². The molecule has 2 rings (SSSR count). The van der Waals surface area contributed by atoms with Gasteiger partial charge in [-0.2, -0.15) is 0 Å². The molecule has 0 atom stereocenters. The first-order valence-corrected chi connectivity index (χ1v) is 6.24. The molecule has 0 aliphatic heterocycles. The Labute approximate surface area is 110 Å². The zero-order valence-electron chi connectivity index (χ0n) is 10.9. The fourth-order valence-corrected chi connectivity index (χ4v) is 2.00. The summed E-state index contributed by atoms with van der Waals surface area (Å²) >= 11 is 0. The molecule has 0 saturated heterocycles. The summed E-state index contributed by atoms with van der Waals surface area (Å²) < 4.78 is 45.2. The van der Waals surface area contributed by atoms with Crippen molar-refractivity contribution in [3.05, 3.63) is 36.4 Å². The Balaban J connectivity index is 2.57. The highest BCUT2D eigenvalue weighted by Gasteiger charge is 2.31. The lowest BCUT2D eigenvalue weighted by Crippen LogP contribution is -2.36. The van der Waals surface area contributed by atoms with E-state index in [1.54, 1.807) is 24.3 Å². The largest absolute Gasteiger partial charge is 0.513 e. The van der Waals surface area contributed by atoms with Crippen molar-refractivity contribution in [3.63, 3.8) is 0 Å². The highest BCUT2D eigenvalue weighted by atomic mass is 19.4. The van der Waals surface area contributed by atoms with Crippen molar-refractivity contribution in [2.45, 2.75) is 13.8 Å². The van der Waals surface area contributed by atoms with E-state index < -0.39 is 12.4 Å². The van der Waals surface area contributed by atoms with Gasteiger partial charge in [-0.1, -0.05) is 49.6 Å². The van der Waals surface area contributed by atoms with Gasteiger partial charge in [-0.05, 0) is 22.8 Å². The molecular weight excluding hydrogens is 252 g/mol. The van der Waals surface area contributed by atoms with E-state index in [2.05, 4.69) is 0 Å². The normalized spacial score (nSPS) is 12.1. The number of halogens is 3. The monoisotopic (exact) mass is 267 g/mol. The van der Waals surface area contributed by atoms with Gasteiger partial charge in [0, 0.05) is 0 Å². The number of benzene rings is 2. The lowest BCUT2D eigenvalue weighted by atomic mass is 9.76. The highest BCUT2D eigenvalue weighted by molar-refractivity contribution is 6.76. The van der Waals surface area contributed by atoms with Gasteiger partial charge in [0.2, 0.25) is 0 Å². The maximum Gasteiger partial charge on any atom is 0.513 e. The summed E-state index contributed by atoms with van der Waals surface area (Å²) in [5.41, 5.74) is -0.626. The van der Waals surface area contributed by atoms with Crippen LogP contribution in [0.25, 0.3) is 10.8 Å². The Morgan fingerprint density at radius 1 is 1.05 bits per heavy atom. The molecule has 2 aromatic rings. The maximum atomic E-state index is 13.3. The van der Waals surface area contributed by atoms with Crippen LogP contribution in [0.3, 0.4) is 0 Å². The quantitative estimate of drug-likeness (QED) is 0.762. The summed E-state index contributed by atoms with van der Waals surface area (Å²) in [5, 5.41) is 0.782. The minimum atomic E-state index is -5.11. The third kappa shape index (κ3) is 3.03. The minimum Gasteiger partial charge on any atom is -0.496 e. The van der Waals surface area contributed by atoms with Gasteiger partial charge in [-0.15, -0.1) is 0 Å². The second-order valence-electron chi connectivity index (χ2n) is 4.98. The van der Waals surface area contributed by atoms with Crippen LogP contribution in [0.15, 0.2) is 36.4 Å². The average Bonchev–Trinajstić information content (AvgIpc) is 2.34. The molecule has 0 radical (unpaired) electrons. The number of hydrogen-bond donors (Lipinski definition) is 0. The van der Waals surface area contributed by atoms with Crippen molar-refractivity contribution >= 4 is 23.2 Å². The van der Waals surface area contributed by atoms with E-state index in [0.717, 1.165) is 0 Å². The van der Waals surface area contributed by atoms with Crippen molar-refractivity contribution in [2.24, 2.45) is 5.92 Å². The topological polar surface area (TPSA) is 9.23 Å². The Morgan fingerprint density at radius 2 is 1.74 bits per heavy atom. The molecule has 0 fully saturated rings. The molecule has 0 unspecified atom stereocenters. The van der Waals surface area contributed by atoms with E-state index in [-0.39, 0.29) is 23.7 Å². The van der Waals surface area contributed by atoms with Gasteiger partial charge in [0.1, 0.15) is 0 Å². The van der Waals surface area contributed by atoms with E-state index in [0.29, 0.717) is 5.39 Å². The van der Waals surface area contributed by atoms with E-state index >= 15 is 0 Å². The first-order valence-electron chi connectivity index (χ1n) is 6.24. The summed E-state index contributed by atoms with van der Waals surface area (Å²) in [6.07, 6.45) is 0. The molecule has 1 nitrogen and oxygen atoms in total. The van der Waals surface area contributed by atoms with Crippen molar-refractivity contribution in [1.29, 1.82) is 0 Å². The third-order valence-electron chi connectivity index (χ3n) is 2.83. The number of rotatable bonds is 4.